The minimum absolute atomic E-state index is 0.556. The Kier molecular flexibility index (Phi) is 4.08. The van der Waals surface area contributed by atoms with Crippen molar-refractivity contribution in [2.24, 2.45) is 5.92 Å². The molecule has 1 N–H and O–H groups in total. The predicted octanol–water partition coefficient (Wildman–Crippen LogP) is 1.59. The zero-order valence-corrected chi connectivity index (χ0v) is 10.4. The normalized spacial score (nSPS) is 12.8. The molecule has 0 aliphatic carbocycles. The molecule has 0 amide bonds. The van der Waals surface area contributed by atoms with Crippen LogP contribution in [0.1, 0.15) is 19.8 Å². The highest BCUT2D eigenvalue weighted by Gasteiger charge is 2.03. The number of nitrogens with one attached hydrogen (secondary N) is 1. The number of alkyl halides is 1. The molecule has 1 atom stereocenters. The minimum atomic E-state index is 0.556. The van der Waals surface area contributed by atoms with Gasteiger partial charge in [-0.1, -0.05) is 6.92 Å². The third kappa shape index (κ3) is 3.03. The highest BCUT2D eigenvalue weighted by atomic mass is 35.5. The van der Waals surface area contributed by atoms with Crippen molar-refractivity contribution in [1.29, 1.82) is 0 Å². The van der Waals surface area contributed by atoms with E-state index in [0.29, 0.717) is 17.4 Å². The lowest BCUT2D eigenvalue weighted by atomic mass is 10.1. The van der Waals surface area contributed by atoms with Crippen molar-refractivity contribution in [3.8, 4) is 0 Å². The third-order valence-electron chi connectivity index (χ3n) is 2.55. The van der Waals surface area contributed by atoms with Crippen molar-refractivity contribution < 1.29 is 0 Å². The second-order valence-electron chi connectivity index (χ2n) is 4.07. The Morgan fingerprint density at radius 2 is 2.35 bits per heavy atom. The van der Waals surface area contributed by atoms with Crippen LogP contribution in [-0.2, 0) is 0 Å². The van der Waals surface area contributed by atoms with Crippen LogP contribution in [0.2, 0.25) is 0 Å². The first-order chi connectivity index (χ1) is 8.31. The number of fused-ring (bicyclic) bond motifs is 1. The SMILES string of the molecule is CC(CCl)CCCNc1cncc2nnnn12. The lowest BCUT2D eigenvalue weighted by Crippen LogP contribution is -2.09. The maximum atomic E-state index is 5.75. The largest absolute Gasteiger partial charge is 0.369 e. The van der Waals surface area contributed by atoms with E-state index in [1.807, 2.05) is 0 Å². The van der Waals surface area contributed by atoms with Gasteiger partial charge in [0.25, 0.3) is 0 Å². The van der Waals surface area contributed by atoms with Crippen LogP contribution < -0.4 is 5.32 Å². The number of halogens is 1. The van der Waals surface area contributed by atoms with Crippen LogP contribution in [0, 0.1) is 5.92 Å². The Morgan fingerprint density at radius 1 is 1.47 bits per heavy atom. The number of rotatable bonds is 6. The molecule has 1 unspecified atom stereocenters. The van der Waals surface area contributed by atoms with Crippen LogP contribution in [-0.4, -0.2) is 37.4 Å². The molecule has 7 heteroatoms. The lowest BCUT2D eigenvalue weighted by molar-refractivity contribution is 0.572. The van der Waals surface area contributed by atoms with Crippen molar-refractivity contribution in [1.82, 2.24) is 25.0 Å². The number of tetrazole rings is 1. The van der Waals surface area contributed by atoms with Gasteiger partial charge in [0.1, 0.15) is 5.82 Å². The second kappa shape index (κ2) is 5.77. The molecule has 92 valence electrons. The van der Waals surface area contributed by atoms with Crippen molar-refractivity contribution in [2.45, 2.75) is 19.8 Å². The minimum Gasteiger partial charge on any atom is -0.369 e. The summed E-state index contributed by atoms with van der Waals surface area (Å²) in [6.07, 6.45) is 5.51. The summed E-state index contributed by atoms with van der Waals surface area (Å²) in [6, 6.07) is 0. The molecular weight excluding hydrogens is 240 g/mol. The van der Waals surface area contributed by atoms with E-state index in [9.17, 15) is 0 Å². The average Bonchev–Trinajstić information content (AvgIpc) is 2.83. The molecule has 0 bridgehead atoms. The summed E-state index contributed by atoms with van der Waals surface area (Å²) < 4.78 is 1.64. The highest BCUT2D eigenvalue weighted by Crippen LogP contribution is 2.09. The van der Waals surface area contributed by atoms with Gasteiger partial charge in [0, 0.05) is 12.4 Å². The predicted molar refractivity (Wildman–Crippen MR) is 66.2 cm³/mol. The van der Waals surface area contributed by atoms with Gasteiger partial charge in [0.2, 0.25) is 0 Å². The van der Waals surface area contributed by atoms with Crippen molar-refractivity contribution in [2.75, 3.05) is 17.7 Å². The number of nitrogens with zero attached hydrogens (tertiary/aromatic N) is 5. The Hall–Kier alpha value is -1.43. The Labute approximate surface area is 104 Å². The van der Waals surface area contributed by atoms with Crippen LogP contribution in [0.5, 0.6) is 0 Å². The summed E-state index contributed by atoms with van der Waals surface area (Å²) in [4.78, 5) is 4.07. The van der Waals surface area contributed by atoms with Crippen LogP contribution in [0.3, 0.4) is 0 Å². The van der Waals surface area contributed by atoms with Gasteiger partial charge in [-0.05, 0) is 29.2 Å². The van der Waals surface area contributed by atoms with Gasteiger partial charge in [-0.3, -0.25) is 4.98 Å². The fourth-order valence-corrected chi connectivity index (χ4v) is 1.69. The van der Waals surface area contributed by atoms with Crippen molar-refractivity contribution in [3.05, 3.63) is 12.4 Å². The Morgan fingerprint density at radius 3 is 3.18 bits per heavy atom. The molecule has 6 nitrogen and oxygen atoms in total. The van der Waals surface area contributed by atoms with E-state index in [1.165, 1.54) is 0 Å². The van der Waals surface area contributed by atoms with Crippen molar-refractivity contribution >= 4 is 23.1 Å². The summed E-state index contributed by atoms with van der Waals surface area (Å²) in [7, 11) is 0. The smallest absolute Gasteiger partial charge is 0.199 e. The average molecular weight is 255 g/mol. The molecule has 0 aromatic carbocycles. The summed E-state index contributed by atoms with van der Waals surface area (Å²) >= 11 is 5.75. The number of anilines is 1. The maximum Gasteiger partial charge on any atom is 0.199 e. The number of hydrogen-bond donors (Lipinski definition) is 1. The molecular formula is C10H15ClN6. The molecule has 2 aromatic heterocycles. The quantitative estimate of drug-likeness (QED) is 0.626. The summed E-state index contributed by atoms with van der Waals surface area (Å²) in [5, 5.41) is 14.6. The first-order valence-electron chi connectivity index (χ1n) is 5.63. The molecule has 0 saturated carbocycles. The van der Waals surface area contributed by atoms with Gasteiger partial charge in [0.15, 0.2) is 5.65 Å². The molecule has 0 aliphatic heterocycles. The molecule has 2 rings (SSSR count). The van der Waals surface area contributed by atoms with E-state index in [2.05, 4.69) is 32.7 Å². The molecule has 0 saturated heterocycles. The topological polar surface area (TPSA) is 68.0 Å². The van der Waals surface area contributed by atoms with E-state index >= 15 is 0 Å². The Bertz CT molecular complexity index is 471. The zero-order valence-electron chi connectivity index (χ0n) is 9.67. The summed E-state index contributed by atoms with van der Waals surface area (Å²) in [5.41, 5.74) is 0.643. The first kappa shape index (κ1) is 12.0. The van der Waals surface area contributed by atoms with Crippen LogP contribution in [0.25, 0.3) is 5.65 Å². The zero-order chi connectivity index (χ0) is 12.1. The Balaban J connectivity index is 1.88. The molecule has 0 spiro atoms. The van der Waals surface area contributed by atoms with Gasteiger partial charge in [-0.15, -0.1) is 16.7 Å². The first-order valence-corrected chi connectivity index (χ1v) is 6.16. The van der Waals surface area contributed by atoms with E-state index < -0.39 is 0 Å². The standard InChI is InChI=1S/C10H15ClN6/c1-8(5-11)3-2-4-13-9-6-12-7-10-14-15-16-17(9)10/h6-8,13H,2-5H2,1H3. The number of aromatic nitrogens is 5. The van der Waals surface area contributed by atoms with Crippen LogP contribution in [0.4, 0.5) is 5.82 Å². The molecule has 0 radical (unpaired) electrons. The van der Waals surface area contributed by atoms with Gasteiger partial charge < -0.3 is 5.32 Å². The maximum absolute atomic E-state index is 5.75. The molecule has 0 aliphatic rings. The monoisotopic (exact) mass is 254 g/mol. The van der Waals surface area contributed by atoms with Crippen LogP contribution >= 0.6 is 11.6 Å². The van der Waals surface area contributed by atoms with Gasteiger partial charge >= 0.3 is 0 Å². The van der Waals surface area contributed by atoms with Gasteiger partial charge in [0.05, 0.1) is 12.4 Å². The molecule has 2 aromatic rings. The molecule has 0 fully saturated rings. The lowest BCUT2D eigenvalue weighted by Gasteiger charge is -2.09. The number of hydrogen-bond acceptors (Lipinski definition) is 5. The van der Waals surface area contributed by atoms with E-state index in [-0.39, 0.29) is 0 Å². The van der Waals surface area contributed by atoms with Crippen LogP contribution in [0.15, 0.2) is 12.4 Å². The summed E-state index contributed by atoms with van der Waals surface area (Å²) in [6.45, 7) is 3.01. The van der Waals surface area contributed by atoms with E-state index in [0.717, 1.165) is 25.2 Å². The van der Waals surface area contributed by atoms with Gasteiger partial charge in [-0.25, -0.2) is 0 Å². The second-order valence-corrected chi connectivity index (χ2v) is 4.38. The van der Waals surface area contributed by atoms with Gasteiger partial charge in [-0.2, -0.15) is 4.52 Å². The third-order valence-corrected chi connectivity index (χ3v) is 3.08. The van der Waals surface area contributed by atoms with E-state index in [1.54, 1.807) is 16.9 Å². The fraction of sp³-hybridized carbons (Fsp3) is 0.600. The molecule has 17 heavy (non-hydrogen) atoms. The van der Waals surface area contributed by atoms with Crippen molar-refractivity contribution in [3.63, 3.8) is 0 Å². The molecule has 2 heterocycles. The summed E-state index contributed by atoms with van der Waals surface area (Å²) in [5.74, 6) is 2.08. The van der Waals surface area contributed by atoms with E-state index in [4.69, 9.17) is 11.6 Å². The highest BCUT2D eigenvalue weighted by molar-refractivity contribution is 6.18. The fourth-order valence-electron chi connectivity index (χ4n) is 1.54.